The molecular weight excluding hydrogens is 304 g/mol. The van der Waals surface area contributed by atoms with Gasteiger partial charge < -0.3 is 9.88 Å². The van der Waals surface area contributed by atoms with Gasteiger partial charge in [0.15, 0.2) is 5.82 Å². The summed E-state index contributed by atoms with van der Waals surface area (Å²) < 4.78 is 1.84. The Balaban J connectivity index is 1.72. The van der Waals surface area contributed by atoms with E-state index in [0.29, 0.717) is 5.82 Å². The van der Waals surface area contributed by atoms with E-state index >= 15 is 0 Å². The van der Waals surface area contributed by atoms with Gasteiger partial charge in [0, 0.05) is 11.8 Å². The third kappa shape index (κ3) is 3.68. The average Bonchev–Trinajstić information content (AvgIpc) is 3.15. The first-order valence-electron chi connectivity index (χ1n) is 7.95. The summed E-state index contributed by atoms with van der Waals surface area (Å²) in [5, 5.41) is 11.1. The second-order valence-electron chi connectivity index (χ2n) is 5.57. The van der Waals surface area contributed by atoms with Gasteiger partial charge in [-0.05, 0) is 13.3 Å². The number of nitrogens with one attached hydrogen (secondary N) is 1. The van der Waals surface area contributed by atoms with Gasteiger partial charge in [-0.3, -0.25) is 4.79 Å². The summed E-state index contributed by atoms with van der Waals surface area (Å²) in [5.74, 6) is 1.08. The van der Waals surface area contributed by atoms with Crippen LogP contribution < -0.4 is 5.32 Å². The molecule has 124 valence electrons. The van der Waals surface area contributed by atoms with Crippen LogP contribution in [0.15, 0.2) is 42.7 Å². The number of carbonyl (C=O) groups excluding carboxylic acids is 1. The molecule has 1 aromatic carbocycles. The Kier molecular flexibility index (Phi) is 4.69. The standard InChI is InChI=1S/C17H20N6O/c1-3-9-23-18-10-15(21-23)20-16(24)12-22-11-13(2)19-17(22)14-7-5-4-6-8-14/h4-8,10-11H,3,9,12H2,1-2H3,(H,20,21,24). The summed E-state index contributed by atoms with van der Waals surface area (Å²) in [4.78, 5) is 18.4. The fourth-order valence-electron chi connectivity index (χ4n) is 2.48. The number of hydrogen-bond acceptors (Lipinski definition) is 4. The van der Waals surface area contributed by atoms with Crippen LogP contribution in [0.4, 0.5) is 5.82 Å². The highest BCUT2D eigenvalue weighted by Gasteiger charge is 2.12. The SMILES string of the molecule is CCCn1ncc(NC(=O)Cn2cc(C)nc2-c2ccccc2)n1. The molecule has 2 aromatic heterocycles. The number of amides is 1. The van der Waals surface area contributed by atoms with E-state index in [9.17, 15) is 4.79 Å². The summed E-state index contributed by atoms with van der Waals surface area (Å²) in [6.07, 6.45) is 4.37. The summed E-state index contributed by atoms with van der Waals surface area (Å²) in [6, 6.07) is 9.82. The van der Waals surface area contributed by atoms with Crippen molar-refractivity contribution in [2.45, 2.75) is 33.4 Å². The maximum Gasteiger partial charge on any atom is 0.245 e. The Labute approximate surface area is 140 Å². The van der Waals surface area contributed by atoms with Crippen LogP contribution in [0.2, 0.25) is 0 Å². The molecule has 7 nitrogen and oxygen atoms in total. The highest BCUT2D eigenvalue weighted by Crippen LogP contribution is 2.18. The number of aromatic nitrogens is 5. The third-order valence-electron chi connectivity index (χ3n) is 3.47. The lowest BCUT2D eigenvalue weighted by Crippen LogP contribution is -2.19. The van der Waals surface area contributed by atoms with Crippen molar-refractivity contribution in [3.8, 4) is 11.4 Å². The van der Waals surface area contributed by atoms with E-state index in [2.05, 4.69) is 20.5 Å². The number of aryl methyl sites for hydroxylation is 2. The molecule has 0 aliphatic heterocycles. The number of benzene rings is 1. The highest BCUT2D eigenvalue weighted by molar-refractivity contribution is 5.89. The lowest BCUT2D eigenvalue weighted by molar-refractivity contribution is -0.116. The maximum atomic E-state index is 12.3. The molecule has 1 amide bonds. The van der Waals surface area contributed by atoms with Crippen molar-refractivity contribution < 1.29 is 4.79 Å². The first kappa shape index (κ1) is 15.9. The summed E-state index contributed by atoms with van der Waals surface area (Å²) >= 11 is 0. The smallest absolute Gasteiger partial charge is 0.245 e. The van der Waals surface area contributed by atoms with E-state index in [-0.39, 0.29) is 12.5 Å². The quantitative estimate of drug-likeness (QED) is 0.756. The molecule has 7 heteroatoms. The van der Waals surface area contributed by atoms with Crippen molar-refractivity contribution in [3.05, 3.63) is 48.4 Å². The molecule has 3 rings (SSSR count). The fourth-order valence-corrected chi connectivity index (χ4v) is 2.48. The molecule has 0 unspecified atom stereocenters. The Morgan fingerprint density at radius 1 is 1.25 bits per heavy atom. The van der Waals surface area contributed by atoms with Gasteiger partial charge in [-0.2, -0.15) is 9.90 Å². The molecular formula is C17H20N6O. The van der Waals surface area contributed by atoms with Crippen molar-refractivity contribution >= 4 is 11.7 Å². The van der Waals surface area contributed by atoms with E-state index in [0.717, 1.165) is 30.0 Å². The highest BCUT2D eigenvalue weighted by atomic mass is 16.2. The third-order valence-corrected chi connectivity index (χ3v) is 3.47. The number of nitrogens with zero attached hydrogens (tertiary/aromatic N) is 5. The zero-order valence-electron chi connectivity index (χ0n) is 13.8. The molecule has 0 saturated carbocycles. The topological polar surface area (TPSA) is 77.6 Å². The molecule has 0 saturated heterocycles. The van der Waals surface area contributed by atoms with Gasteiger partial charge in [0.2, 0.25) is 5.91 Å². The number of anilines is 1. The molecule has 0 spiro atoms. The molecule has 1 N–H and O–H groups in total. The second-order valence-corrected chi connectivity index (χ2v) is 5.57. The van der Waals surface area contributed by atoms with Crippen LogP contribution in [0.5, 0.6) is 0 Å². The van der Waals surface area contributed by atoms with Gasteiger partial charge in [0.1, 0.15) is 12.4 Å². The molecule has 0 bridgehead atoms. The van der Waals surface area contributed by atoms with Gasteiger partial charge in [-0.1, -0.05) is 37.3 Å². The monoisotopic (exact) mass is 324 g/mol. The van der Waals surface area contributed by atoms with Gasteiger partial charge in [0.25, 0.3) is 0 Å². The second kappa shape index (κ2) is 7.08. The number of carbonyl (C=O) groups is 1. The van der Waals surface area contributed by atoms with Crippen LogP contribution in [-0.4, -0.2) is 30.5 Å². The van der Waals surface area contributed by atoms with Crippen LogP contribution >= 0.6 is 0 Å². The molecule has 0 atom stereocenters. The Morgan fingerprint density at radius 2 is 2.04 bits per heavy atom. The van der Waals surface area contributed by atoms with E-state index in [1.54, 1.807) is 11.0 Å². The van der Waals surface area contributed by atoms with Gasteiger partial charge in [-0.25, -0.2) is 4.98 Å². The lowest BCUT2D eigenvalue weighted by Gasteiger charge is -2.07. The van der Waals surface area contributed by atoms with Crippen LogP contribution in [0.1, 0.15) is 19.0 Å². The predicted molar refractivity (Wildman–Crippen MR) is 91.3 cm³/mol. The van der Waals surface area contributed by atoms with Crippen LogP contribution in [-0.2, 0) is 17.9 Å². The number of hydrogen-bond donors (Lipinski definition) is 1. The summed E-state index contributed by atoms with van der Waals surface area (Å²) in [5.41, 5.74) is 1.85. The lowest BCUT2D eigenvalue weighted by atomic mass is 10.2. The van der Waals surface area contributed by atoms with Gasteiger partial charge in [-0.15, -0.1) is 5.10 Å². The zero-order chi connectivity index (χ0) is 16.9. The van der Waals surface area contributed by atoms with E-state index in [1.165, 1.54) is 0 Å². The number of imidazole rings is 1. The minimum atomic E-state index is -0.159. The molecule has 0 fully saturated rings. The van der Waals surface area contributed by atoms with Crippen LogP contribution in [0.25, 0.3) is 11.4 Å². The summed E-state index contributed by atoms with van der Waals surface area (Å²) in [6.45, 7) is 4.87. The Bertz CT molecular complexity index is 821. The summed E-state index contributed by atoms with van der Waals surface area (Å²) in [7, 11) is 0. The maximum absolute atomic E-state index is 12.3. The minimum Gasteiger partial charge on any atom is -0.321 e. The normalized spacial score (nSPS) is 10.8. The molecule has 0 aliphatic rings. The number of rotatable bonds is 6. The fraction of sp³-hybridized carbons (Fsp3) is 0.294. The first-order chi connectivity index (χ1) is 11.7. The van der Waals surface area contributed by atoms with Gasteiger partial charge >= 0.3 is 0 Å². The molecule has 0 radical (unpaired) electrons. The van der Waals surface area contributed by atoms with E-state index in [1.807, 2.05) is 54.9 Å². The van der Waals surface area contributed by atoms with Crippen molar-refractivity contribution in [3.63, 3.8) is 0 Å². The largest absolute Gasteiger partial charge is 0.321 e. The van der Waals surface area contributed by atoms with Gasteiger partial charge in [0.05, 0.1) is 18.4 Å². The molecule has 3 aromatic rings. The van der Waals surface area contributed by atoms with Crippen molar-refractivity contribution in [2.24, 2.45) is 0 Å². The van der Waals surface area contributed by atoms with Crippen LogP contribution in [0, 0.1) is 6.92 Å². The van der Waals surface area contributed by atoms with Crippen molar-refractivity contribution in [1.82, 2.24) is 24.5 Å². The average molecular weight is 324 g/mol. The molecule has 24 heavy (non-hydrogen) atoms. The molecule has 2 heterocycles. The predicted octanol–water partition coefficient (Wildman–Crippen LogP) is 2.50. The minimum absolute atomic E-state index is 0.159. The zero-order valence-corrected chi connectivity index (χ0v) is 13.8. The van der Waals surface area contributed by atoms with E-state index in [4.69, 9.17) is 0 Å². The Hall–Kier alpha value is -2.96. The molecule has 0 aliphatic carbocycles. The van der Waals surface area contributed by atoms with Crippen molar-refractivity contribution in [1.29, 1.82) is 0 Å². The van der Waals surface area contributed by atoms with Crippen LogP contribution in [0.3, 0.4) is 0 Å². The van der Waals surface area contributed by atoms with E-state index < -0.39 is 0 Å². The Morgan fingerprint density at radius 3 is 2.79 bits per heavy atom. The van der Waals surface area contributed by atoms with Crippen molar-refractivity contribution in [2.75, 3.05) is 5.32 Å². The first-order valence-corrected chi connectivity index (χ1v) is 7.95.